The van der Waals surface area contributed by atoms with Gasteiger partial charge < -0.3 is 0 Å². The van der Waals surface area contributed by atoms with E-state index in [1.54, 1.807) is 12.1 Å². The predicted molar refractivity (Wildman–Crippen MR) is 85.0 cm³/mol. The van der Waals surface area contributed by atoms with Gasteiger partial charge in [-0.1, -0.05) is 45.8 Å². The van der Waals surface area contributed by atoms with Crippen LogP contribution in [0.15, 0.2) is 58.1 Å². The van der Waals surface area contributed by atoms with Gasteiger partial charge >= 0.3 is 0 Å². The van der Waals surface area contributed by atoms with Crippen molar-refractivity contribution in [3.63, 3.8) is 0 Å². The van der Waals surface area contributed by atoms with Crippen LogP contribution in [0.1, 0.15) is 28.4 Å². The number of benzene rings is 2. The third kappa shape index (κ3) is 3.78. The summed E-state index contributed by atoms with van der Waals surface area (Å²) in [4.78, 5) is 11.9. The van der Waals surface area contributed by atoms with E-state index in [-0.39, 0.29) is 5.91 Å². The number of nitrogens with zero attached hydrogens (tertiary/aromatic N) is 1. The molecule has 1 N–H and O–H groups in total. The Labute approximate surface area is 126 Å². The van der Waals surface area contributed by atoms with Crippen LogP contribution in [-0.2, 0) is 0 Å². The van der Waals surface area contributed by atoms with Gasteiger partial charge in [0.2, 0.25) is 0 Å². The molecule has 0 unspecified atom stereocenters. The minimum atomic E-state index is -0.209. The van der Waals surface area contributed by atoms with Crippen molar-refractivity contribution in [3.8, 4) is 0 Å². The molecule has 0 radical (unpaired) electrons. The number of carbonyl (C=O) groups is 1. The van der Waals surface area contributed by atoms with Gasteiger partial charge in [0.15, 0.2) is 0 Å². The molecule has 4 heteroatoms. The van der Waals surface area contributed by atoms with Crippen LogP contribution in [0.5, 0.6) is 0 Å². The number of hydrazone groups is 1. The molecule has 102 valence electrons. The largest absolute Gasteiger partial charge is 0.271 e. The zero-order valence-electron chi connectivity index (χ0n) is 11.4. The Kier molecular flexibility index (Phi) is 4.69. The lowest BCUT2D eigenvalue weighted by Crippen LogP contribution is -2.19. The van der Waals surface area contributed by atoms with Crippen LogP contribution in [0.4, 0.5) is 0 Å². The first kappa shape index (κ1) is 14.5. The van der Waals surface area contributed by atoms with E-state index in [1.165, 1.54) is 0 Å². The second-order valence-electron chi connectivity index (χ2n) is 4.51. The van der Waals surface area contributed by atoms with Crippen molar-refractivity contribution >= 4 is 27.5 Å². The number of carbonyl (C=O) groups excluding carboxylic acids is 1. The van der Waals surface area contributed by atoms with Crippen LogP contribution in [0.2, 0.25) is 0 Å². The van der Waals surface area contributed by atoms with Gasteiger partial charge in [0.05, 0.1) is 5.71 Å². The number of nitrogens with one attached hydrogen (secondary N) is 1. The Morgan fingerprint density at radius 2 is 1.80 bits per heavy atom. The van der Waals surface area contributed by atoms with E-state index >= 15 is 0 Å². The Balaban J connectivity index is 2.08. The second-order valence-corrected chi connectivity index (χ2v) is 5.43. The highest BCUT2D eigenvalue weighted by Crippen LogP contribution is 2.12. The lowest BCUT2D eigenvalue weighted by Gasteiger charge is -2.04. The van der Waals surface area contributed by atoms with Crippen molar-refractivity contribution in [1.29, 1.82) is 0 Å². The van der Waals surface area contributed by atoms with E-state index < -0.39 is 0 Å². The van der Waals surface area contributed by atoms with Crippen molar-refractivity contribution < 1.29 is 4.79 Å². The quantitative estimate of drug-likeness (QED) is 0.672. The molecule has 0 aliphatic carbocycles. The molecule has 0 atom stereocenters. The van der Waals surface area contributed by atoms with E-state index in [0.717, 1.165) is 21.3 Å². The Bertz CT molecular complexity index is 648. The number of hydrogen-bond donors (Lipinski definition) is 1. The van der Waals surface area contributed by atoms with Gasteiger partial charge in [-0.05, 0) is 43.7 Å². The maximum atomic E-state index is 11.9. The summed E-state index contributed by atoms with van der Waals surface area (Å²) in [5.41, 5.74) is 6.01. The number of hydrogen-bond acceptors (Lipinski definition) is 2. The summed E-state index contributed by atoms with van der Waals surface area (Å²) < 4.78 is 0.981. The molecule has 0 aliphatic heterocycles. The minimum Gasteiger partial charge on any atom is -0.267 e. The van der Waals surface area contributed by atoms with E-state index in [2.05, 4.69) is 26.5 Å². The van der Waals surface area contributed by atoms with Gasteiger partial charge in [-0.25, -0.2) is 5.43 Å². The fraction of sp³-hybridized carbons (Fsp3) is 0.125. The number of amides is 1. The molecule has 0 bridgehead atoms. The van der Waals surface area contributed by atoms with Crippen LogP contribution < -0.4 is 5.43 Å². The first-order valence-corrected chi connectivity index (χ1v) is 7.03. The summed E-state index contributed by atoms with van der Waals surface area (Å²) in [6, 6.07) is 15.2. The molecule has 2 aromatic rings. The molecule has 0 heterocycles. The molecular weight excluding hydrogens is 316 g/mol. The molecule has 0 aromatic heterocycles. The highest BCUT2D eigenvalue weighted by atomic mass is 79.9. The standard InChI is InChI=1S/C16H15BrN2O/c1-11-6-8-13(9-7-11)16(20)19-18-12(2)14-4-3-5-15(17)10-14/h3-10H,1-2H3,(H,19,20). The Morgan fingerprint density at radius 1 is 1.10 bits per heavy atom. The number of rotatable bonds is 3. The summed E-state index contributed by atoms with van der Waals surface area (Å²) in [5, 5.41) is 4.13. The molecule has 1 amide bonds. The summed E-state index contributed by atoms with van der Waals surface area (Å²) in [5.74, 6) is -0.209. The van der Waals surface area contributed by atoms with E-state index in [1.807, 2.05) is 50.2 Å². The van der Waals surface area contributed by atoms with Gasteiger partial charge in [-0.2, -0.15) is 5.10 Å². The van der Waals surface area contributed by atoms with Crippen molar-refractivity contribution in [2.75, 3.05) is 0 Å². The fourth-order valence-electron chi connectivity index (χ4n) is 1.68. The van der Waals surface area contributed by atoms with Gasteiger partial charge in [0, 0.05) is 10.0 Å². The predicted octanol–water partition coefficient (Wildman–Crippen LogP) is 3.91. The molecule has 0 saturated heterocycles. The van der Waals surface area contributed by atoms with E-state index in [4.69, 9.17) is 0 Å². The molecule has 3 nitrogen and oxygen atoms in total. The Morgan fingerprint density at radius 3 is 2.45 bits per heavy atom. The molecule has 0 saturated carbocycles. The number of aryl methyl sites for hydroxylation is 1. The van der Waals surface area contributed by atoms with Crippen molar-refractivity contribution in [2.45, 2.75) is 13.8 Å². The zero-order chi connectivity index (χ0) is 14.5. The highest BCUT2D eigenvalue weighted by molar-refractivity contribution is 9.10. The molecule has 0 fully saturated rings. The van der Waals surface area contributed by atoms with Gasteiger partial charge in [0.1, 0.15) is 0 Å². The first-order valence-electron chi connectivity index (χ1n) is 6.23. The smallest absolute Gasteiger partial charge is 0.267 e. The van der Waals surface area contributed by atoms with Crippen LogP contribution in [-0.4, -0.2) is 11.6 Å². The maximum Gasteiger partial charge on any atom is 0.271 e. The highest BCUT2D eigenvalue weighted by Gasteiger charge is 2.04. The average Bonchev–Trinajstić information content (AvgIpc) is 2.45. The molecular formula is C16H15BrN2O. The maximum absolute atomic E-state index is 11.9. The lowest BCUT2D eigenvalue weighted by molar-refractivity contribution is 0.0955. The summed E-state index contributed by atoms with van der Waals surface area (Å²) in [6.07, 6.45) is 0. The SMILES string of the molecule is CC(=NNC(=O)c1ccc(C)cc1)c1cccc(Br)c1. The third-order valence-corrected chi connectivity index (χ3v) is 3.37. The average molecular weight is 331 g/mol. The minimum absolute atomic E-state index is 0.209. The van der Waals surface area contributed by atoms with Gasteiger partial charge in [-0.3, -0.25) is 4.79 Å². The van der Waals surface area contributed by atoms with E-state index in [9.17, 15) is 4.79 Å². The molecule has 2 aromatic carbocycles. The topological polar surface area (TPSA) is 41.5 Å². The second kappa shape index (κ2) is 6.48. The van der Waals surface area contributed by atoms with Crippen molar-refractivity contribution in [1.82, 2.24) is 5.43 Å². The summed E-state index contributed by atoms with van der Waals surface area (Å²) in [7, 11) is 0. The van der Waals surface area contributed by atoms with Gasteiger partial charge in [0.25, 0.3) is 5.91 Å². The van der Waals surface area contributed by atoms with Crippen LogP contribution in [0.25, 0.3) is 0 Å². The van der Waals surface area contributed by atoms with Gasteiger partial charge in [-0.15, -0.1) is 0 Å². The van der Waals surface area contributed by atoms with Crippen LogP contribution >= 0.6 is 15.9 Å². The first-order chi connectivity index (χ1) is 9.56. The Hall–Kier alpha value is -1.94. The third-order valence-electron chi connectivity index (χ3n) is 2.88. The van der Waals surface area contributed by atoms with Crippen LogP contribution in [0, 0.1) is 6.92 Å². The molecule has 20 heavy (non-hydrogen) atoms. The molecule has 2 rings (SSSR count). The normalized spacial score (nSPS) is 11.2. The van der Waals surface area contributed by atoms with Crippen molar-refractivity contribution in [3.05, 3.63) is 69.7 Å². The van der Waals surface area contributed by atoms with Crippen molar-refractivity contribution in [2.24, 2.45) is 5.10 Å². The van der Waals surface area contributed by atoms with E-state index in [0.29, 0.717) is 5.56 Å². The molecule has 0 spiro atoms. The lowest BCUT2D eigenvalue weighted by atomic mass is 10.1. The summed E-state index contributed by atoms with van der Waals surface area (Å²) >= 11 is 3.41. The zero-order valence-corrected chi connectivity index (χ0v) is 12.9. The van der Waals surface area contributed by atoms with Crippen LogP contribution in [0.3, 0.4) is 0 Å². The number of halogens is 1. The summed E-state index contributed by atoms with van der Waals surface area (Å²) in [6.45, 7) is 3.84. The fourth-order valence-corrected chi connectivity index (χ4v) is 2.08. The molecule has 0 aliphatic rings. The monoisotopic (exact) mass is 330 g/mol.